The van der Waals surface area contributed by atoms with E-state index >= 15 is 0 Å². The third-order valence-electron chi connectivity index (χ3n) is 13.1. The highest BCUT2D eigenvalue weighted by Gasteiger charge is 2.44. The molecule has 1 aliphatic rings. The Morgan fingerprint density at radius 1 is 0.532 bits per heavy atom. The first-order chi connectivity index (χ1) is 30.3. The van der Waals surface area contributed by atoms with Crippen molar-refractivity contribution in [2.24, 2.45) is 0 Å². The number of hydrogen-bond donors (Lipinski definition) is 6. The van der Waals surface area contributed by atoms with Gasteiger partial charge in [-0.15, -0.1) is 0 Å². The van der Waals surface area contributed by atoms with E-state index < -0.39 is 49.5 Å². The molecular weight excluding hydrogens is 779 g/mol. The average Bonchev–Trinajstić information content (AvgIpc) is 3.27. The maximum Gasteiger partial charge on any atom is 0.220 e. The molecular formula is C53H103NO8. The molecule has 368 valence electrons. The number of aliphatic hydroxyl groups is 5. The second kappa shape index (κ2) is 43.8. The highest BCUT2D eigenvalue weighted by atomic mass is 16.7. The molecule has 7 unspecified atom stereocenters. The van der Waals surface area contributed by atoms with Crippen LogP contribution in [-0.4, -0.2) is 87.5 Å². The van der Waals surface area contributed by atoms with Crippen molar-refractivity contribution in [3.63, 3.8) is 0 Å². The zero-order valence-corrected chi connectivity index (χ0v) is 40.6. The summed E-state index contributed by atoms with van der Waals surface area (Å²) in [6, 6.07) is -0.718. The Hall–Kier alpha value is -1.07. The van der Waals surface area contributed by atoms with Crippen molar-refractivity contribution in [2.75, 3.05) is 13.2 Å². The summed E-state index contributed by atoms with van der Waals surface area (Å²) in [4.78, 5) is 13.0. The first kappa shape index (κ1) is 58.9. The molecule has 62 heavy (non-hydrogen) atoms. The molecule has 1 heterocycles. The number of ether oxygens (including phenoxy) is 2. The number of amides is 1. The van der Waals surface area contributed by atoms with Gasteiger partial charge < -0.3 is 40.3 Å². The van der Waals surface area contributed by atoms with E-state index in [1.165, 1.54) is 199 Å². The Labute approximate surface area is 382 Å². The molecule has 7 atom stereocenters. The van der Waals surface area contributed by atoms with Gasteiger partial charge in [-0.05, 0) is 38.5 Å². The Morgan fingerprint density at radius 2 is 0.903 bits per heavy atom. The highest BCUT2D eigenvalue weighted by Crippen LogP contribution is 2.23. The van der Waals surface area contributed by atoms with Gasteiger partial charge in [0.2, 0.25) is 5.91 Å². The molecule has 9 heteroatoms. The van der Waals surface area contributed by atoms with Gasteiger partial charge in [-0.3, -0.25) is 4.79 Å². The molecule has 1 fully saturated rings. The molecule has 1 rings (SSSR count). The van der Waals surface area contributed by atoms with Gasteiger partial charge in [-0.25, -0.2) is 0 Å². The number of hydrogen-bond acceptors (Lipinski definition) is 8. The second-order valence-corrected chi connectivity index (χ2v) is 19.0. The maximum atomic E-state index is 13.0. The molecule has 0 bridgehead atoms. The molecule has 0 aliphatic carbocycles. The smallest absolute Gasteiger partial charge is 0.220 e. The SMILES string of the molecule is CCCCCCCCCCCC/C=C\CCCCCCCCCC(=O)NC(COC1OC(CO)C(O)C(O)C1O)C(O)CCCCCCCCCCCCCCCCCCCC. The molecule has 0 spiro atoms. The number of allylic oxidation sites excluding steroid dienone is 2. The highest BCUT2D eigenvalue weighted by molar-refractivity contribution is 5.76. The van der Waals surface area contributed by atoms with Crippen molar-refractivity contribution in [3.05, 3.63) is 12.2 Å². The quantitative estimate of drug-likeness (QED) is 0.0261. The number of aliphatic hydroxyl groups excluding tert-OH is 5. The topological polar surface area (TPSA) is 149 Å². The summed E-state index contributed by atoms with van der Waals surface area (Å²) in [5.41, 5.74) is 0. The van der Waals surface area contributed by atoms with Crippen LogP contribution < -0.4 is 5.32 Å². The number of carbonyl (C=O) groups excluding carboxylic acids is 1. The third-order valence-corrected chi connectivity index (χ3v) is 13.1. The Balaban J connectivity index is 2.24. The fourth-order valence-corrected chi connectivity index (χ4v) is 8.80. The standard InChI is InChI=1S/C53H103NO8/c1-3-5-7-9-11-13-15-17-19-21-23-24-25-27-29-31-33-35-37-39-41-43-49(57)54-46(45-61-53-52(60)51(59)50(58)48(44-55)62-53)47(56)42-40-38-36-34-32-30-28-26-22-20-18-16-14-12-10-8-6-4-2/h24-25,46-48,50-53,55-56,58-60H,3-23,26-45H2,1-2H3,(H,54,57)/b25-24-. The van der Waals surface area contributed by atoms with Gasteiger partial charge in [0, 0.05) is 6.42 Å². The predicted octanol–water partition coefficient (Wildman–Crippen LogP) is 12.5. The van der Waals surface area contributed by atoms with E-state index in [9.17, 15) is 30.3 Å². The van der Waals surface area contributed by atoms with Gasteiger partial charge in [-0.2, -0.15) is 0 Å². The van der Waals surface area contributed by atoms with Crippen LogP contribution in [0.2, 0.25) is 0 Å². The van der Waals surface area contributed by atoms with E-state index in [-0.39, 0.29) is 12.5 Å². The van der Waals surface area contributed by atoms with Crippen LogP contribution in [0.25, 0.3) is 0 Å². The first-order valence-electron chi connectivity index (χ1n) is 26.9. The van der Waals surface area contributed by atoms with Gasteiger partial charge in [0.1, 0.15) is 24.4 Å². The molecule has 6 N–H and O–H groups in total. The molecule has 0 saturated carbocycles. The van der Waals surface area contributed by atoms with Crippen molar-refractivity contribution in [1.82, 2.24) is 5.32 Å². The fraction of sp³-hybridized carbons (Fsp3) is 0.943. The van der Waals surface area contributed by atoms with Gasteiger partial charge in [-0.1, -0.05) is 231 Å². The van der Waals surface area contributed by atoms with Gasteiger partial charge in [0.05, 0.1) is 25.4 Å². The second-order valence-electron chi connectivity index (χ2n) is 19.0. The van der Waals surface area contributed by atoms with E-state index in [1.54, 1.807) is 0 Å². The van der Waals surface area contributed by atoms with Crippen LogP contribution in [0.5, 0.6) is 0 Å². The summed E-state index contributed by atoms with van der Waals surface area (Å²) in [5.74, 6) is -0.145. The van der Waals surface area contributed by atoms with Crippen molar-refractivity contribution >= 4 is 5.91 Å². The number of rotatable bonds is 46. The molecule has 0 aromatic carbocycles. The normalized spacial score (nSPS) is 20.3. The lowest BCUT2D eigenvalue weighted by Crippen LogP contribution is -2.60. The number of unbranched alkanes of at least 4 members (excludes halogenated alkanes) is 34. The summed E-state index contributed by atoms with van der Waals surface area (Å²) >= 11 is 0. The van der Waals surface area contributed by atoms with Crippen LogP contribution in [0.15, 0.2) is 12.2 Å². The van der Waals surface area contributed by atoms with E-state index in [1.807, 2.05) is 0 Å². The summed E-state index contributed by atoms with van der Waals surface area (Å²) in [7, 11) is 0. The largest absolute Gasteiger partial charge is 0.394 e. The van der Waals surface area contributed by atoms with Crippen LogP contribution in [0.4, 0.5) is 0 Å². The van der Waals surface area contributed by atoms with Crippen molar-refractivity contribution in [1.29, 1.82) is 0 Å². The monoisotopic (exact) mass is 882 g/mol. The van der Waals surface area contributed by atoms with Gasteiger partial charge in [0.15, 0.2) is 6.29 Å². The molecule has 1 saturated heterocycles. The van der Waals surface area contributed by atoms with Crippen molar-refractivity contribution < 1.29 is 39.8 Å². The lowest BCUT2D eigenvalue weighted by atomic mass is 9.99. The minimum Gasteiger partial charge on any atom is -0.394 e. The van der Waals surface area contributed by atoms with Gasteiger partial charge in [0.25, 0.3) is 0 Å². The number of carbonyl (C=O) groups is 1. The summed E-state index contributed by atoms with van der Waals surface area (Å²) in [6.07, 6.45) is 45.1. The average molecular weight is 882 g/mol. The van der Waals surface area contributed by atoms with Crippen LogP contribution in [0.1, 0.15) is 264 Å². The Bertz CT molecular complexity index is 981. The fourth-order valence-electron chi connectivity index (χ4n) is 8.80. The molecule has 1 amide bonds. The van der Waals surface area contributed by atoms with Crippen molar-refractivity contribution in [3.8, 4) is 0 Å². The third kappa shape index (κ3) is 33.4. The number of nitrogens with one attached hydrogen (secondary N) is 1. The maximum absolute atomic E-state index is 13.0. The minimum atomic E-state index is -1.55. The van der Waals surface area contributed by atoms with Gasteiger partial charge >= 0.3 is 0 Å². The lowest BCUT2D eigenvalue weighted by molar-refractivity contribution is -0.302. The Kier molecular flexibility index (Phi) is 41.6. The van der Waals surface area contributed by atoms with Crippen LogP contribution in [0.3, 0.4) is 0 Å². The van der Waals surface area contributed by atoms with E-state index in [0.29, 0.717) is 12.8 Å². The minimum absolute atomic E-state index is 0.136. The molecule has 9 nitrogen and oxygen atoms in total. The first-order valence-corrected chi connectivity index (χ1v) is 26.9. The lowest BCUT2D eigenvalue weighted by Gasteiger charge is -2.40. The van der Waals surface area contributed by atoms with E-state index in [2.05, 4.69) is 31.3 Å². The van der Waals surface area contributed by atoms with Crippen molar-refractivity contribution in [2.45, 2.75) is 307 Å². The molecule has 0 aromatic rings. The Morgan fingerprint density at radius 3 is 1.31 bits per heavy atom. The summed E-state index contributed by atoms with van der Waals surface area (Å²) < 4.78 is 11.3. The summed E-state index contributed by atoms with van der Waals surface area (Å²) in [5, 5.41) is 54.6. The zero-order valence-electron chi connectivity index (χ0n) is 40.6. The van der Waals surface area contributed by atoms with E-state index in [0.717, 1.165) is 38.5 Å². The van der Waals surface area contributed by atoms with Crippen LogP contribution >= 0.6 is 0 Å². The van der Waals surface area contributed by atoms with E-state index in [4.69, 9.17) is 9.47 Å². The van der Waals surface area contributed by atoms with Crippen LogP contribution in [-0.2, 0) is 14.3 Å². The molecule has 0 radical (unpaired) electrons. The van der Waals surface area contributed by atoms with Crippen LogP contribution in [0, 0.1) is 0 Å². The molecule has 0 aromatic heterocycles. The molecule has 1 aliphatic heterocycles. The predicted molar refractivity (Wildman–Crippen MR) is 258 cm³/mol. The zero-order chi connectivity index (χ0) is 45.1. The summed E-state index contributed by atoms with van der Waals surface area (Å²) in [6.45, 7) is 3.86.